The van der Waals surface area contributed by atoms with E-state index in [0.717, 1.165) is 31.0 Å². The molecule has 3 rings (SSSR count). The number of carbonyl (C=O) groups is 1. The zero-order valence-electron chi connectivity index (χ0n) is 12.7. The van der Waals surface area contributed by atoms with Crippen LogP contribution in [0.2, 0.25) is 5.02 Å². The lowest BCUT2D eigenvalue weighted by molar-refractivity contribution is -0.130. The molecular formula is C16H19ClN4O2. The molecule has 1 unspecified atom stereocenters. The number of benzene rings is 1. The number of amides is 1. The Kier molecular flexibility index (Phi) is 4.81. The molecule has 0 spiro atoms. The highest BCUT2D eigenvalue weighted by Crippen LogP contribution is 2.22. The van der Waals surface area contributed by atoms with Crippen molar-refractivity contribution in [3.63, 3.8) is 0 Å². The van der Waals surface area contributed by atoms with Gasteiger partial charge in [-0.05, 0) is 36.5 Å². The number of aromatic nitrogens is 3. The first kappa shape index (κ1) is 15.8. The fourth-order valence-corrected chi connectivity index (χ4v) is 3.11. The molecule has 2 N–H and O–H groups in total. The molecule has 1 aromatic carbocycles. The largest absolute Gasteiger partial charge is 0.342 e. The number of carbonyl (C=O) groups excluding carboxylic acids is 1. The summed E-state index contributed by atoms with van der Waals surface area (Å²) in [6, 6.07) is 7.89. The number of aromatic amines is 2. The van der Waals surface area contributed by atoms with Gasteiger partial charge in [-0.1, -0.05) is 23.7 Å². The Labute approximate surface area is 138 Å². The maximum atomic E-state index is 12.2. The number of H-pyrrole nitrogens is 2. The predicted molar refractivity (Wildman–Crippen MR) is 87.4 cm³/mol. The summed E-state index contributed by atoms with van der Waals surface area (Å²) in [5, 5.41) is 6.87. The highest BCUT2D eigenvalue weighted by molar-refractivity contribution is 6.30. The molecule has 2 aromatic rings. The molecule has 6 nitrogen and oxygen atoms in total. The molecule has 23 heavy (non-hydrogen) atoms. The zero-order valence-corrected chi connectivity index (χ0v) is 13.5. The summed E-state index contributed by atoms with van der Waals surface area (Å²) in [7, 11) is 0. The summed E-state index contributed by atoms with van der Waals surface area (Å²) in [5.74, 6) is 1.14. The Bertz CT molecular complexity index is 722. The molecule has 1 amide bonds. The standard InChI is InChI=1S/C16H19ClN4O2/c17-13-3-1-11(2-4-13)9-12-7-8-21(10-12)15(22)6-5-14-18-16(23)20-19-14/h1-4,12H,5-10H2,(H2,18,19,20,23). The summed E-state index contributed by atoms with van der Waals surface area (Å²) in [4.78, 5) is 27.7. The van der Waals surface area contributed by atoms with Crippen molar-refractivity contribution in [3.8, 4) is 0 Å². The van der Waals surface area contributed by atoms with E-state index >= 15 is 0 Å². The molecule has 1 aromatic heterocycles. The number of halogens is 1. The molecule has 7 heteroatoms. The van der Waals surface area contributed by atoms with Crippen LogP contribution in [0.5, 0.6) is 0 Å². The van der Waals surface area contributed by atoms with Crippen LogP contribution in [0.4, 0.5) is 0 Å². The van der Waals surface area contributed by atoms with E-state index in [-0.39, 0.29) is 11.6 Å². The summed E-state index contributed by atoms with van der Waals surface area (Å²) >= 11 is 5.90. The average molecular weight is 335 g/mol. The van der Waals surface area contributed by atoms with Crippen LogP contribution in [0.1, 0.15) is 24.2 Å². The predicted octanol–water partition coefficient (Wildman–Crippen LogP) is 1.78. The molecule has 1 aliphatic heterocycles. The summed E-state index contributed by atoms with van der Waals surface area (Å²) in [5.41, 5.74) is 0.916. The van der Waals surface area contributed by atoms with Gasteiger partial charge in [-0.2, -0.15) is 5.10 Å². The van der Waals surface area contributed by atoms with Crippen molar-refractivity contribution < 1.29 is 4.79 Å². The number of aryl methyl sites for hydroxylation is 1. The lowest BCUT2D eigenvalue weighted by Gasteiger charge is -2.16. The number of hydrogen-bond donors (Lipinski definition) is 2. The van der Waals surface area contributed by atoms with Gasteiger partial charge in [0.05, 0.1) is 0 Å². The van der Waals surface area contributed by atoms with Gasteiger partial charge in [-0.15, -0.1) is 0 Å². The van der Waals surface area contributed by atoms with Gasteiger partial charge in [0.1, 0.15) is 5.82 Å². The number of hydrogen-bond acceptors (Lipinski definition) is 3. The Balaban J connectivity index is 1.47. The number of nitrogens with zero attached hydrogens (tertiary/aromatic N) is 2. The minimum absolute atomic E-state index is 0.118. The van der Waals surface area contributed by atoms with Crippen LogP contribution in [-0.2, 0) is 17.6 Å². The first-order valence-corrected chi connectivity index (χ1v) is 8.14. The smallest absolute Gasteiger partial charge is 0.340 e. The van der Waals surface area contributed by atoms with Crippen molar-refractivity contribution in [1.82, 2.24) is 20.1 Å². The van der Waals surface area contributed by atoms with Crippen molar-refractivity contribution in [3.05, 3.63) is 51.2 Å². The lowest BCUT2D eigenvalue weighted by atomic mass is 9.99. The Morgan fingerprint density at radius 1 is 1.35 bits per heavy atom. The Morgan fingerprint density at radius 2 is 2.13 bits per heavy atom. The highest BCUT2D eigenvalue weighted by Gasteiger charge is 2.26. The molecule has 0 radical (unpaired) electrons. The van der Waals surface area contributed by atoms with Crippen LogP contribution >= 0.6 is 11.6 Å². The van der Waals surface area contributed by atoms with Gasteiger partial charge in [-0.25, -0.2) is 9.89 Å². The van der Waals surface area contributed by atoms with E-state index in [0.29, 0.717) is 24.6 Å². The van der Waals surface area contributed by atoms with Gasteiger partial charge in [0.2, 0.25) is 5.91 Å². The summed E-state index contributed by atoms with van der Waals surface area (Å²) < 4.78 is 0. The lowest BCUT2D eigenvalue weighted by Crippen LogP contribution is -2.29. The summed E-state index contributed by atoms with van der Waals surface area (Å²) in [6.45, 7) is 1.59. The average Bonchev–Trinajstić information content (AvgIpc) is 3.16. The molecule has 2 heterocycles. The monoisotopic (exact) mass is 334 g/mol. The van der Waals surface area contributed by atoms with E-state index in [1.165, 1.54) is 5.56 Å². The first-order chi connectivity index (χ1) is 11.1. The van der Waals surface area contributed by atoms with Crippen molar-refractivity contribution in [2.24, 2.45) is 5.92 Å². The van der Waals surface area contributed by atoms with Crippen LogP contribution in [0.15, 0.2) is 29.1 Å². The third-order valence-electron chi connectivity index (χ3n) is 4.20. The molecule has 1 aliphatic rings. The first-order valence-electron chi connectivity index (χ1n) is 7.76. The van der Waals surface area contributed by atoms with Gasteiger partial charge in [0, 0.05) is 31.0 Å². The fraction of sp³-hybridized carbons (Fsp3) is 0.438. The van der Waals surface area contributed by atoms with E-state index in [4.69, 9.17) is 11.6 Å². The topological polar surface area (TPSA) is 81.8 Å². The maximum absolute atomic E-state index is 12.2. The molecule has 0 bridgehead atoms. The second kappa shape index (κ2) is 7.00. The maximum Gasteiger partial charge on any atom is 0.340 e. The van der Waals surface area contributed by atoms with E-state index in [1.807, 2.05) is 29.2 Å². The Morgan fingerprint density at radius 3 is 2.83 bits per heavy atom. The van der Waals surface area contributed by atoms with Gasteiger partial charge in [0.15, 0.2) is 0 Å². The molecule has 1 saturated heterocycles. The van der Waals surface area contributed by atoms with Crippen LogP contribution in [0, 0.1) is 5.92 Å². The van der Waals surface area contributed by atoms with Gasteiger partial charge >= 0.3 is 5.69 Å². The molecule has 0 saturated carbocycles. The highest BCUT2D eigenvalue weighted by atomic mass is 35.5. The van der Waals surface area contributed by atoms with Gasteiger partial charge in [-0.3, -0.25) is 9.78 Å². The van der Waals surface area contributed by atoms with Gasteiger partial charge < -0.3 is 4.90 Å². The van der Waals surface area contributed by atoms with E-state index < -0.39 is 0 Å². The van der Waals surface area contributed by atoms with Gasteiger partial charge in [0.25, 0.3) is 0 Å². The molecule has 1 atom stereocenters. The Hall–Kier alpha value is -2.08. The van der Waals surface area contributed by atoms with Crippen LogP contribution in [-0.4, -0.2) is 39.1 Å². The molecule has 122 valence electrons. The van der Waals surface area contributed by atoms with E-state index in [9.17, 15) is 9.59 Å². The summed E-state index contributed by atoms with van der Waals surface area (Å²) in [6.07, 6.45) is 2.81. The fourth-order valence-electron chi connectivity index (χ4n) is 2.99. The van der Waals surface area contributed by atoms with E-state index in [1.54, 1.807) is 0 Å². The minimum atomic E-state index is -0.336. The third kappa shape index (κ3) is 4.22. The quantitative estimate of drug-likeness (QED) is 0.874. The third-order valence-corrected chi connectivity index (χ3v) is 4.45. The van der Waals surface area contributed by atoms with E-state index in [2.05, 4.69) is 15.2 Å². The molecule has 0 aliphatic carbocycles. The second-order valence-corrected chi connectivity index (χ2v) is 6.39. The molecular weight excluding hydrogens is 316 g/mol. The van der Waals surface area contributed by atoms with Crippen molar-refractivity contribution in [1.29, 1.82) is 0 Å². The second-order valence-electron chi connectivity index (χ2n) is 5.95. The van der Waals surface area contributed by atoms with Crippen molar-refractivity contribution >= 4 is 17.5 Å². The zero-order chi connectivity index (χ0) is 16.2. The number of rotatable bonds is 5. The van der Waals surface area contributed by atoms with Crippen LogP contribution < -0.4 is 5.69 Å². The number of nitrogens with one attached hydrogen (secondary N) is 2. The molecule has 1 fully saturated rings. The SMILES string of the molecule is O=C(CCc1n[nH]c(=O)[nH]1)N1CCC(Cc2ccc(Cl)cc2)C1. The normalized spacial score (nSPS) is 17.6. The van der Waals surface area contributed by atoms with Crippen LogP contribution in [0.25, 0.3) is 0 Å². The number of likely N-dealkylation sites (tertiary alicyclic amines) is 1. The van der Waals surface area contributed by atoms with Crippen LogP contribution in [0.3, 0.4) is 0 Å². The van der Waals surface area contributed by atoms with Crippen molar-refractivity contribution in [2.45, 2.75) is 25.7 Å². The van der Waals surface area contributed by atoms with Crippen molar-refractivity contribution in [2.75, 3.05) is 13.1 Å². The minimum Gasteiger partial charge on any atom is -0.342 e.